The molecule has 2 N–H and O–H groups in total. The molecule has 2 aromatic rings. The van der Waals surface area contributed by atoms with E-state index in [9.17, 15) is 14.4 Å². The van der Waals surface area contributed by atoms with Crippen LogP contribution < -0.4 is 10.2 Å². The Bertz CT molecular complexity index is 733. The summed E-state index contributed by atoms with van der Waals surface area (Å²) in [5.41, 5.74) is 1.00. The van der Waals surface area contributed by atoms with Gasteiger partial charge in [-0.2, -0.15) is 0 Å². The Morgan fingerprint density at radius 3 is 2.85 bits per heavy atom. The number of anilines is 1. The molecule has 1 aliphatic heterocycles. The molecule has 0 atom stereocenters. The van der Waals surface area contributed by atoms with Crippen LogP contribution in [0.15, 0.2) is 28.9 Å². The van der Waals surface area contributed by atoms with Gasteiger partial charge in [0.2, 0.25) is 5.91 Å². The third kappa shape index (κ3) is 1.89. The van der Waals surface area contributed by atoms with E-state index >= 15 is 0 Å². The van der Waals surface area contributed by atoms with E-state index < -0.39 is 12.0 Å². The molecule has 7 nitrogen and oxygen atoms in total. The van der Waals surface area contributed by atoms with Gasteiger partial charge in [-0.15, -0.1) is 0 Å². The first-order valence-electron chi connectivity index (χ1n) is 5.92. The molecule has 1 fully saturated rings. The molecule has 1 aliphatic rings. The number of hydrogen-bond acceptors (Lipinski definition) is 4. The molecule has 2 heterocycles. The lowest BCUT2D eigenvalue weighted by molar-refractivity contribution is -0.120. The number of imide groups is 1. The van der Waals surface area contributed by atoms with Crippen LogP contribution in [0.2, 0.25) is 0 Å². The minimum atomic E-state index is -1.05. The van der Waals surface area contributed by atoms with Gasteiger partial charge in [-0.1, -0.05) is 0 Å². The van der Waals surface area contributed by atoms with Gasteiger partial charge in [0.05, 0.1) is 11.3 Å². The van der Waals surface area contributed by atoms with E-state index in [2.05, 4.69) is 5.32 Å². The van der Waals surface area contributed by atoms with E-state index in [0.29, 0.717) is 16.7 Å². The molecular formula is C13H10N2O5. The summed E-state index contributed by atoms with van der Waals surface area (Å²) in [4.78, 5) is 35.2. The highest BCUT2D eigenvalue weighted by molar-refractivity contribution is 6.09. The monoisotopic (exact) mass is 274 g/mol. The van der Waals surface area contributed by atoms with Crippen LogP contribution in [0.3, 0.4) is 0 Å². The summed E-state index contributed by atoms with van der Waals surface area (Å²) in [6.45, 7) is 0.264. The summed E-state index contributed by atoms with van der Waals surface area (Å²) < 4.78 is 5.30. The minimum absolute atomic E-state index is 0.108. The van der Waals surface area contributed by atoms with Crippen LogP contribution in [0.25, 0.3) is 11.0 Å². The Morgan fingerprint density at radius 1 is 1.35 bits per heavy atom. The first-order valence-corrected chi connectivity index (χ1v) is 5.92. The zero-order valence-corrected chi connectivity index (χ0v) is 10.3. The zero-order chi connectivity index (χ0) is 14.3. The number of carboxylic acid groups (broad SMARTS) is 1. The fourth-order valence-electron chi connectivity index (χ4n) is 2.15. The second kappa shape index (κ2) is 4.37. The standard InChI is InChI=1S/C13H10N2O5/c16-11-3-4-15(13(19)14-11)9-6-20-10-5-7(12(17)18)1-2-8(9)10/h1-2,5-6H,3-4H2,(H,17,18)(H,14,16,19). The van der Waals surface area contributed by atoms with Gasteiger partial charge in [0.15, 0.2) is 0 Å². The Kier molecular flexibility index (Phi) is 2.67. The summed E-state index contributed by atoms with van der Waals surface area (Å²) in [6, 6.07) is 3.91. The van der Waals surface area contributed by atoms with E-state index in [1.165, 1.54) is 23.3 Å². The molecule has 3 amide bonds. The number of carbonyl (C=O) groups excluding carboxylic acids is 2. The number of furan rings is 1. The molecule has 1 aromatic heterocycles. The highest BCUT2D eigenvalue weighted by Gasteiger charge is 2.26. The smallest absolute Gasteiger partial charge is 0.335 e. The van der Waals surface area contributed by atoms with Crippen LogP contribution in [-0.2, 0) is 4.79 Å². The van der Waals surface area contributed by atoms with Crippen LogP contribution in [0, 0.1) is 0 Å². The van der Waals surface area contributed by atoms with E-state index in [-0.39, 0.29) is 24.4 Å². The van der Waals surface area contributed by atoms with Gasteiger partial charge in [-0.05, 0) is 18.2 Å². The van der Waals surface area contributed by atoms with E-state index in [0.717, 1.165) is 0 Å². The minimum Gasteiger partial charge on any atom is -0.478 e. The fraction of sp³-hybridized carbons (Fsp3) is 0.154. The fourth-order valence-corrected chi connectivity index (χ4v) is 2.15. The molecule has 0 radical (unpaired) electrons. The topological polar surface area (TPSA) is 99.8 Å². The summed E-state index contributed by atoms with van der Waals surface area (Å²) in [6.07, 6.45) is 1.59. The predicted octanol–water partition coefficient (Wildman–Crippen LogP) is 1.58. The third-order valence-corrected chi connectivity index (χ3v) is 3.15. The molecule has 1 aromatic carbocycles. The lowest BCUT2D eigenvalue weighted by Gasteiger charge is -2.25. The highest BCUT2D eigenvalue weighted by atomic mass is 16.4. The van der Waals surface area contributed by atoms with Crippen LogP contribution in [0.1, 0.15) is 16.8 Å². The van der Waals surface area contributed by atoms with Crippen LogP contribution in [-0.4, -0.2) is 29.6 Å². The van der Waals surface area contributed by atoms with E-state index in [4.69, 9.17) is 9.52 Å². The summed E-state index contributed by atoms with van der Waals surface area (Å²) in [5, 5.41) is 11.8. The van der Waals surface area contributed by atoms with Gasteiger partial charge in [-0.25, -0.2) is 9.59 Å². The average Bonchev–Trinajstić information content (AvgIpc) is 2.81. The maximum Gasteiger partial charge on any atom is 0.335 e. The molecule has 20 heavy (non-hydrogen) atoms. The zero-order valence-electron chi connectivity index (χ0n) is 10.3. The number of urea groups is 1. The number of carbonyl (C=O) groups is 3. The first-order chi connectivity index (χ1) is 9.56. The number of benzene rings is 1. The van der Waals surface area contributed by atoms with Crippen molar-refractivity contribution in [3.63, 3.8) is 0 Å². The highest BCUT2D eigenvalue weighted by Crippen LogP contribution is 2.30. The lowest BCUT2D eigenvalue weighted by atomic mass is 10.1. The van der Waals surface area contributed by atoms with E-state index in [1.54, 1.807) is 6.07 Å². The van der Waals surface area contributed by atoms with E-state index in [1.807, 2.05) is 0 Å². The Labute approximate surface area is 112 Å². The number of rotatable bonds is 2. The van der Waals surface area contributed by atoms with Gasteiger partial charge in [0.25, 0.3) is 0 Å². The quantitative estimate of drug-likeness (QED) is 0.865. The SMILES string of the molecule is O=C1CCN(c2coc3cc(C(=O)O)ccc23)C(=O)N1. The van der Waals surface area contributed by atoms with Crippen LogP contribution in [0.5, 0.6) is 0 Å². The number of amides is 3. The second-order valence-electron chi connectivity index (χ2n) is 4.39. The van der Waals surface area contributed by atoms with Gasteiger partial charge in [0, 0.05) is 18.4 Å². The molecular weight excluding hydrogens is 264 g/mol. The molecule has 0 saturated carbocycles. The maximum absolute atomic E-state index is 11.8. The van der Waals surface area contributed by atoms with Crippen molar-refractivity contribution in [2.45, 2.75) is 6.42 Å². The van der Waals surface area contributed by atoms with Gasteiger partial charge in [-0.3, -0.25) is 15.0 Å². The Hall–Kier alpha value is -2.83. The third-order valence-electron chi connectivity index (χ3n) is 3.15. The molecule has 0 aliphatic carbocycles. The van der Waals surface area contributed by atoms with Crippen molar-refractivity contribution in [3.05, 3.63) is 30.0 Å². The van der Waals surface area contributed by atoms with Crippen LogP contribution >= 0.6 is 0 Å². The predicted molar refractivity (Wildman–Crippen MR) is 68.7 cm³/mol. The number of fused-ring (bicyclic) bond motifs is 1. The van der Waals surface area contributed by atoms with Gasteiger partial charge >= 0.3 is 12.0 Å². The number of aromatic carboxylic acids is 1. The molecule has 0 bridgehead atoms. The van der Waals surface area contributed by atoms with Crippen molar-refractivity contribution in [3.8, 4) is 0 Å². The molecule has 3 rings (SSSR count). The number of nitrogens with one attached hydrogen (secondary N) is 1. The average molecular weight is 274 g/mol. The van der Waals surface area contributed by atoms with Crippen molar-refractivity contribution in [1.82, 2.24) is 5.32 Å². The maximum atomic E-state index is 11.8. The molecule has 0 spiro atoms. The second-order valence-corrected chi connectivity index (χ2v) is 4.39. The largest absolute Gasteiger partial charge is 0.478 e. The lowest BCUT2D eigenvalue weighted by Crippen LogP contribution is -2.49. The molecule has 0 unspecified atom stereocenters. The normalized spacial score (nSPS) is 15.5. The van der Waals surface area contributed by atoms with Gasteiger partial charge in [0.1, 0.15) is 11.8 Å². The number of carboxylic acids is 1. The number of nitrogens with zero attached hydrogens (tertiary/aromatic N) is 1. The summed E-state index contributed by atoms with van der Waals surface area (Å²) in [5.74, 6) is -1.36. The summed E-state index contributed by atoms with van der Waals surface area (Å²) in [7, 11) is 0. The van der Waals surface area contributed by atoms with Crippen molar-refractivity contribution < 1.29 is 23.9 Å². The summed E-state index contributed by atoms with van der Waals surface area (Å²) >= 11 is 0. The Balaban J connectivity index is 2.02. The van der Waals surface area contributed by atoms with Gasteiger partial charge < -0.3 is 9.52 Å². The van der Waals surface area contributed by atoms with Crippen molar-refractivity contribution >= 4 is 34.6 Å². The number of hydrogen-bond donors (Lipinski definition) is 2. The molecule has 1 saturated heterocycles. The Morgan fingerprint density at radius 2 is 2.15 bits per heavy atom. The van der Waals surface area contributed by atoms with Crippen LogP contribution in [0.4, 0.5) is 10.5 Å². The molecule has 102 valence electrons. The van der Waals surface area contributed by atoms with Crippen molar-refractivity contribution in [2.75, 3.05) is 11.4 Å². The van der Waals surface area contributed by atoms with Crippen molar-refractivity contribution in [1.29, 1.82) is 0 Å². The van der Waals surface area contributed by atoms with Crippen molar-refractivity contribution in [2.24, 2.45) is 0 Å². The molecule has 7 heteroatoms. The first kappa shape index (κ1) is 12.2.